The summed E-state index contributed by atoms with van der Waals surface area (Å²) >= 11 is 0. The summed E-state index contributed by atoms with van der Waals surface area (Å²) in [5, 5.41) is 11.1. The number of alkyl halides is 3. The highest BCUT2D eigenvalue weighted by Gasteiger charge is 2.44. The number of nitrogens with zero attached hydrogens (tertiary/aromatic N) is 2. The molecule has 1 aliphatic heterocycles. The number of carbonyl (C=O) groups excluding carboxylic acids is 1. The second-order valence-corrected chi connectivity index (χ2v) is 5.37. The first-order chi connectivity index (χ1) is 9.77. The van der Waals surface area contributed by atoms with Gasteiger partial charge in [-0.2, -0.15) is 13.2 Å². The van der Waals surface area contributed by atoms with Crippen LogP contribution in [0.2, 0.25) is 0 Å². The largest absolute Gasteiger partial charge is 0.471 e. The summed E-state index contributed by atoms with van der Waals surface area (Å²) in [7, 11) is 0. The number of hydrogen-bond donors (Lipinski definition) is 0. The number of fused-ring (bicyclic) bond motifs is 1. The predicted molar refractivity (Wildman–Crippen MR) is 65.4 cm³/mol. The first-order valence-corrected chi connectivity index (χ1v) is 6.43. The Bertz CT molecular complexity index is 638. The molecule has 2 aliphatic rings. The minimum absolute atomic E-state index is 0.0578. The van der Waals surface area contributed by atoms with Crippen LogP contribution >= 0.6 is 0 Å². The normalized spacial score (nSPS) is 17.8. The molecule has 0 saturated heterocycles. The van der Waals surface area contributed by atoms with Crippen LogP contribution in [-0.2, 0) is 17.9 Å². The average Bonchev–Trinajstić information content (AvgIpc) is 3.14. The molecule has 8 heteroatoms. The highest BCUT2D eigenvalue weighted by Crippen LogP contribution is 2.46. The zero-order chi connectivity index (χ0) is 15.4. The lowest BCUT2D eigenvalue weighted by Crippen LogP contribution is -2.37. The van der Waals surface area contributed by atoms with Crippen LogP contribution < -0.4 is 0 Å². The molecule has 1 aliphatic carbocycles. The summed E-state index contributed by atoms with van der Waals surface area (Å²) in [6.07, 6.45) is -3.22. The van der Waals surface area contributed by atoms with Crippen LogP contribution in [0.5, 0.6) is 0 Å². The van der Waals surface area contributed by atoms with Crippen molar-refractivity contribution in [2.24, 2.45) is 0 Å². The van der Waals surface area contributed by atoms with Gasteiger partial charge < -0.3 is 4.90 Å². The monoisotopic (exact) mass is 300 g/mol. The molecule has 1 heterocycles. The molecule has 1 aromatic carbocycles. The topological polar surface area (TPSA) is 63.5 Å². The third-order valence-electron chi connectivity index (χ3n) is 3.81. The maximum Gasteiger partial charge on any atom is 0.471 e. The number of nitro groups is 1. The van der Waals surface area contributed by atoms with E-state index in [1.165, 1.54) is 6.07 Å². The predicted octanol–water partition coefficient (Wildman–Crippen LogP) is 2.88. The first kappa shape index (κ1) is 13.8. The summed E-state index contributed by atoms with van der Waals surface area (Å²) in [5.41, 5.74) is 1.50. The molecule has 112 valence electrons. The van der Waals surface area contributed by atoms with E-state index in [-0.39, 0.29) is 24.7 Å². The van der Waals surface area contributed by atoms with E-state index >= 15 is 0 Å². The van der Waals surface area contributed by atoms with Crippen LogP contribution in [0.4, 0.5) is 18.9 Å². The van der Waals surface area contributed by atoms with E-state index in [0.29, 0.717) is 21.6 Å². The Morgan fingerprint density at radius 2 is 1.81 bits per heavy atom. The maximum atomic E-state index is 12.4. The van der Waals surface area contributed by atoms with Crippen molar-refractivity contribution < 1.29 is 22.9 Å². The lowest BCUT2D eigenvalue weighted by molar-refractivity contribution is -0.385. The molecule has 0 bridgehead atoms. The van der Waals surface area contributed by atoms with Crippen LogP contribution in [0.1, 0.15) is 35.4 Å². The second kappa shape index (κ2) is 4.44. The summed E-state index contributed by atoms with van der Waals surface area (Å²) in [5.74, 6) is -1.79. The van der Waals surface area contributed by atoms with Gasteiger partial charge in [0.1, 0.15) is 0 Å². The Hall–Kier alpha value is -2.12. The highest BCUT2D eigenvalue weighted by molar-refractivity contribution is 5.82. The zero-order valence-electron chi connectivity index (χ0n) is 10.8. The third kappa shape index (κ3) is 2.45. The summed E-state index contributed by atoms with van der Waals surface area (Å²) in [6, 6.07) is 2.90. The summed E-state index contributed by atoms with van der Waals surface area (Å²) in [4.78, 5) is 22.5. The van der Waals surface area contributed by atoms with Gasteiger partial charge in [0.2, 0.25) is 0 Å². The minimum Gasteiger partial charge on any atom is -0.326 e. The molecule has 1 aromatic rings. The Balaban J connectivity index is 1.93. The molecular formula is C13H11F3N2O3. The van der Waals surface area contributed by atoms with Gasteiger partial charge in [-0.15, -0.1) is 0 Å². The van der Waals surface area contributed by atoms with Crippen LogP contribution in [0.15, 0.2) is 12.1 Å². The highest BCUT2D eigenvalue weighted by atomic mass is 19.4. The summed E-state index contributed by atoms with van der Waals surface area (Å²) < 4.78 is 37.3. The third-order valence-corrected chi connectivity index (χ3v) is 3.81. The molecule has 3 rings (SSSR count). The van der Waals surface area contributed by atoms with Gasteiger partial charge in [-0.1, -0.05) is 0 Å². The Kier molecular flexibility index (Phi) is 2.93. The van der Waals surface area contributed by atoms with E-state index in [1.54, 1.807) is 6.07 Å². The molecule has 1 fully saturated rings. The first-order valence-electron chi connectivity index (χ1n) is 6.43. The number of nitro benzene ring substituents is 1. The van der Waals surface area contributed by atoms with Gasteiger partial charge in [-0.3, -0.25) is 14.9 Å². The maximum absolute atomic E-state index is 12.4. The molecule has 5 nitrogen and oxygen atoms in total. The van der Waals surface area contributed by atoms with Gasteiger partial charge in [0.25, 0.3) is 5.69 Å². The molecule has 21 heavy (non-hydrogen) atoms. The second-order valence-electron chi connectivity index (χ2n) is 5.37. The van der Waals surface area contributed by atoms with E-state index in [2.05, 4.69) is 0 Å². The fraction of sp³-hybridized carbons (Fsp3) is 0.462. The Morgan fingerprint density at radius 3 is 2.29 bits per heavy atom. The number of hydrogen-bond acceptors (Lipinski definition) is 3. The van der Waals surface area contributed by atoms with Crippen molar-refractivity contribution >= 4 is 11.6 Å². The van der Waals surface area contributed by atoms with Crippen molar-refractivity contribution in [1.82, 2.24) is 4.90 Å². The zero-order valence-corrected chi connectivity index (χ0v) is 10.8. The lowest BCUT2D eigenvalue weighted by atomic mass is 10.0. The molecule has 1 amide bonds. The molecule has 1 saturated carbocycles. The smallest absolute Gasteiger partial charge is 0.326 e. The van der Waals surface area contributed by atoms with E-state index < -0.39 is 17.0 Å². The Morgan fingerprint density at radius 1 is 1.24 bits per heavy atom. The van der Waals surface area contributed by atoms with Gasteiger partial charge in [0, 0.05) is 24.7 Å². The van der Waals surface area contributed by atoms with Crippen LogP contribution in [-0.4, -0.2) is 21.9 Å². The van der Waals surface area contributed by atoms with Gasteiger partial charge >= 0.3 is 12.1 Å². The van der Waals surface area contributed by atoms with Crippen molar-refractivity contribution in [3.63, 3.8) is 0 Å². The van der Waals surface area contributed by atoms with Crippen molar-refractivity contribution in [3.8, 4) is 0 Å². The van der Waals surface area contributed by atoms with E-state index in [1.807, 2.05) is 0 Å². The molecule has 0 unspecified atom stereocenters. The molecule has 0 aromatic heterocycles. The van der Waals surface area contributed by atoms with Crippen LogP contribution in [0.25, 0.3) is 0 Å². The van der Waals surface area contributed by atoms with E-state index in [0.717, 1.165) is 12.8 Å². The van der Waals surface area contributed by atoms with Gasteiger partial charge in [0.15, 0.2) is 0 Å². The van der Waals surface area contributed by atoms with Gasteiger partial charge in [-0.05, 0) is 36.0 Å². The number of benzene rings is 1. The van der Waals surface area contributed by atoms with Crippen molar-refractivity contribution in [3.05, 3.63) is 38.9 Å². The van der Waals surface area contributed by atoms with Crippen molar-refractivity contribution in [2.45, 2.75) is 38.0 Å². The van der Waals surface area contributed by atoms with Crippen LogP contribution in [0, 0.1) is 10.1 Å². The average molecular weight is 300 g/mol. The van der Waals surface area contributed by atoms with Crippen molar-refractivity contribution in [1.29, 1.82) is 0 Å². The fourth-order valence-corrected chi connectivity index (χ4v) is 2.66. The van der Waals surface area contributed by atoms with Gasteiger partial charge in [0.05, 0.1) is 4.92 Å². The quantitative estimate of drug-likeness (QED) is 0.623. The molecule has 0 radical (unpaired) electrons. The number of halogens is 3. The van der Waals surface area contributed by atoms with Crippen LogP contribution in [0.3, 0.4) is 0 Å². The van der Waals surface area contributed by atoms with E-state index in [9.17, 15) is 28.1 Å². The number of rotatable bonds is 2. The lowest BCUT2D eigenvalue weighted by Gasteiger charge is -2.16. The molecule has 0 spiro atoms. The van der Waals surface area contributed by atoms with Crippen molar-refractivity contribution in [2.75, 3.05) is 0 Å². The summed E-state index contributed by atoms with van der Waals surface area (Å²) in [6.45, 7) is -0.384. The molecular weight excluding hydrogens is 289 g/mol. The molecule has 0 N–H and O–H groups in total. The fourth-order valence-electron chi connectivity index (χ4n) is 2.66. The molecule has 0 atom stereocenters. The Labute approximate surface area is 117 Å². The number of carbonyl (C=O) groups is 1. The standard InChI is InChI=1S/C13H11F3N2O3/c14-13(15,16)12(19)17-5-8-3-10(7-1-2-7)11(18(20)21)4-9(8)6-17/h3-4,7H,1-2,5-6H2. The number of amides is 1. The minimum atomic E-state index is -4.92. The SMILES string of the molecule is O=C(N1Cc2cc(C3CC3)c([N+](=O)[O-])cc2C1)C(F)(F)F. The van der Waals surface area contributed by atoms with Gasteiger partial charge in [-0.25, -0.2) is 0 Å². The van der Waals surface area contributed by atoms with E-state index in [4.69, 9.17) is 0 Å².